The molecule has 0 spiro atoms. The number of phenols is 5. The fourth-order valence-corrected chi connectivity index (χ4v) is 4.77. The molecular weight excluding hydrogens is 584 g/mol. The van der Waals surface area contributed by atoms with Gasteiger partial charge in [0.25, 0.3) is 0 Å². The van der Waals surface area contributed by atoms with Gasteiger partial charge in [0.15, 0.2) is 35.4 Å². The van der Waals surface area contributed by atoms with Gasteiger partial charge >= 0.3 is 0 Å². The van der Waals surface area contributed by atoms with E-state index in [-0.39, 0.29) is 11.1 Å². The summed E-state index contributed by atoms with van der Waals surface area (Å²) in [7, 11) is 0. The Hall–Kier alpha value is -3.91. The Morgan fingerprint density at radius 3 is 2.14 bits per heavy atom. The van der Waals surface area contributed by atoms with Crippen LogP contribution in [0.25, 0.3) is 22.3 Å². The topological polar surface area (TPSA) is 290 Å². The summed E-state index contributed by atoms with van der Waals surface area (Å²) in [6, 6.07) is 3.54. The Bertz CT molecular complexity index is 1530. The summed E-state index contributed by atoms with van der Waals surface area (Å²) in [5.41, 5.74) is -1.78. The van der Waals surface area contributed by atoms with E-state index in [1.54, 1.807) is 0 Å². The Morgan fingerprint density at radius 1 is 0.814 bits per heavy atom. The molecule has 2 aromatic carbocycles. The zero-order valence-corrected chi connectivity index (χ0v) is 21.8. The normalized spacial score (nSPS) is 31.3. The van der Waals surface area contributed by atoms with Crippen LogP contribution in [0.4, 0.5) is 0 Å². The predicted molar refractivity (Wildman–Crippen MR) is 137 cm³/mol. The molecule has 0 aliphatic carbocycles. The zero-order valence-electron chi connectivity index (χ0n) is 21.8. The number of ether oxygens (including phenoxy) is 4. The van der Waals surface area contributed by atoms with Gasteiger partial charge in [-0.3, -0.25) is 4.79 Å². The SMILES string of the molecule is O=c1c(O[C@@H]2O[C@H](CO)[C@@H](O)[C@H](O)[C@H]2O[C@@H]2OC[C@@H](O)[C@H](O)[C@H]2O)c(-c2cc(O)c(O)c(O)c2)oc2cc(O)cc(O)c12. The number of aromatic hydroxyl groups is 5. The van der Waals surface area contributed by atoms with Crippen molar-refractivity contribution in [1.29, 1.82) is 0 Å². The second kappa shape index (κ2) is 11.6. The van der Waals surface area contributed by atoms with Crippen molar-refractivity contribution in [3.8, 4) is 45.8 Å². The van der Waals surface area contributed by atoms with Gasteiger partial charge in [0.1, 0.15) is 59.1 Å². The highest BCUT2D eigenvalue weighted by molar-refractivity contribution is 5.88. The first-order chi connectivity index (χ1) is 20.3. The Balaban J connectivity index is 1.64. The van der Waals surface area contributed by atoms with Gasteiger partial charge in [-0.1, -0.05) is 0 Å². The van der Waals surface area contributed by atoms with Crippen molar-refractivity contribution in [3.05, 3.63) is 34.5 Å². The van der Waals surface area contributed by atoms with Crippen molar-refractivity contribution in [3.63, 3.8) is 0 Å². The molecule has 3 heterocycles. The predicted octanol–water partition coefficient (Wildman–Crippen LogP) is -2.37. The quantitative estimate of drug-likeness (QED) is 0.130. The fraction of sp³-hybridized carbons (Fsp3) is 0.423. The first kappa shape index (κ1) is 30.5. The average Bonchev–Trinajstić information content (AvgIpc) is 2.95. The van der Waals surface area contributed by atoms with Crippen LogP contribution in [0.15, 0.2) is 33.5 Å². The van der Waals surface area contributed by atoms with E-state index < -0.39 is 120 Å². The van der Waals surface area contributed by atoms with E-state index in [4.69, 9.17) is 23.4 Å². The van der Waals surface area contributed by atoms with Crippen LogP contribution in [0.3, 0.4) is 0 Å². The number of hydrogen-bond donors (Lipinski definition) is 11. The third-order valence-corrected chi connectivity index (χ3v) is 7.05. The molecule has 11 N–H and O–H groups in total. The molecule has 2 saturated heterocycles. The molecule has 17 nitrogen and oxygen atoms in total. The van der Waals surface area contributed by atoms with Crippen molar-refractivity contribution in [2.75, 3.05) is 13.2 Å². The van der Waals surface area contributed by atoms with Gasteiger partial charge in [0.2, 0.25) is 17.5 Å². The molecule has 0 bridgehead atoms. The lowest BCUT2D eigenvalue weighted by Crippen LogP contribution is -2.64. The number of rotatable bonds is 6. The minimum atomic E-state index is -1.95. The monoisotopic (exact) mass is 612 g/mol. The van der Waals surface area contributed by atoms with Crippen LogP contribution in [0.1, 0.15) is 0 Å². The number of aliphatic hydroxyl groups excluding tert-OH is 6. The smallest absolute Gasteiger partial charge is 0.239 e. The average molecular weight is 612 g/mol. The molecule has 9 atom stereocenters. The molecule has 0 saturated carbocycles. The van der Waals surface area contributed by atoms with Gasteiger partial charge in [0, 0.05) is 17.7 Å². The van der Waals surface area contributed by atoms with Gasteiger partial charge in [-0.15, -0.1) is 0 Å². The number of fused-ring (bicyclic) bond motifs is 1. The molecule has 0 unspecified atom stereocenters. The van der Waals surface area contributed by atoms with Crippen molar-refractivity contribution in [2.45, 2.75) is 55.3 Å². The summed E-state index contributed by atoms with van der Waals surface area (Å²) in [5.74, 6) is -5.23. The summed E-state index contributed by atoms with van der Waals surface area (Å²) in [6.45, 7) is -1.37. The van der Waals surface area contributed by atoms with Gasteiger partial charge in [-0.05, 0) is 12.1 Å². The second-order valence-electron chi connectivity index (χ2n) is 9.97. The van der Waals surface area contributed by atoms with Crippen LogP contribution in [0, 0.1) is 0 Å². The van der Waals surface area contributed by atoms with Gasteiger partial charge < -0.3 is 79.5 Å². The van der Waals surface area contributed by atoms with E-state index in [0.717, 1.165) is 24.3 Å². The number of hydrogen-bond acceptors (Lipinski definition) is 17. The molecule has 43 heavy (non-hydrogen) atoms. The molecule has 3 aromatic rings. The highest BCUT2D eigenvalue weighted by atomic mass is 16.8. The largest absolute Gasteiger partial charge is 0.508 e. The van der Waals surface area contributed by atoms with Gasteiger partial charge in [0.05, 0.1) is 13.2 Å². The molecule has 2 aliphatic rings. The maximum atomic E-state index is 13.7. The number of aliphatic hydroxyl groups is 6. The molecular formula is C26H28O17. The highest BCUT2D eigenvalue weighted by Gasteiger charge is 2.50. The maximum Gasteiger partial charge on any atom is 0.239 e. The summed E-state index contributed by atoms with van der Waals surface area (Å²) >= 11 is 0. The van der Waals surface area contributed by atoms with E-state index >= 15 is 0 Å². The third kappa shape index (κ3) is 5.49. The minimum Gasteiger partial charge on any atom is -0.508 e. The third-order valence-electron chi connectivity index (χ3n) is 7.05. The van der Waals surface area contributed by atoms with Gasteiger partial charge in [-0.25, -0.2) is 0 Å². The van der Waals surface area contributed by atoms with E-state index in [1.807, 2.05) is 0 Å². The number of phenolic OH excluding ortho intramolecular Hbond substituents is 5. The van der Waals surface area contributed by atoms with E-state index in [9.17, 15) is 61.0 Å². The lowest BCUT2D eigenvalue weighted by Gasteiger charge is -2.44. The van der Waals surface area contributed by atoms with E-state index in [1.165, 1.54) is 0 Å². The summed E-state index contributed by atoms with van der Waals surface area (Å²) in [6.07, 6.45) is -15.8. The van der Waals surface area contributed by atoms with Crippen LogP contribution in [0.5, 0.6) is 34.5 Å². The Morgan fingerprint density at radius 2 is 1.49 bits per heavy atom. The first-order valence-electron chi connectivity index (χ1n) is 12.7. The first-order valence-corrected chi connectivity index (χ1v) is 12.7. The van der Waals surface area contributed by atoms with Crippen LogP contribution in [0.2, 0.25) is 0 Å². The Kier molecular flexibility index (Phi) is 8.27. The standard InChI is InChI=1S/C26H28O17/c27-5-14-18(35)20(37)24(43-25-21(38)17(34)12(32)6-39-25)26(41-14)42-23-19(36)15-9(29)3-8(28)4-13(15)40-22(23)7-1-10(30)16(33)11(31)2-7/h1-4,12,14,17-18,20-21,24-35,37-38H,5-6H2/t12-,14-,17+,18-,20+,21-,24-,25+,26+/m1/s1. The van der Waals surface area contributed by atoms with Crippen molar-refractivity contribution >= 4 is 11.0 Å². The lowest BCUT2D eigenvalue weighted by molar-refractivity contribution is -0.345. The van der Waals surface area contributed by atoms with Crippen LogP contribution < -0.4 is 10.2 Å². The van der Waals surface area contributed by atoms with Crippen LogP contribution >= 0.6 is 0 Å². The zero-order chi connectivity index (χ0) is 31.3. The summed E-state index contributed by atoms with van der Waals surface area (Å²) in [5, 5.41) is 111. The fourth-order valence-electron chi connectivity index (χ4n) is 4.77. The summed E-state index contributed by atoms with van der Waals surface area (Å²) in [4.78, 5) is 13.7. The van der Waals surface area contributed by atoms with Crippen molar-refractivity contribution in [2.24, 2.45) is 0 Å². The summed E-state index contributed by atoms with van der Waals surface area (Å²) < 4.78 is 27.8. The van der Waals surface area contributed by atoms with Crippen LogP contribution in [-0.4, -0.2) is 125 Å². The molecule has 17 heteroatoms. The Labute approximate surface area is 239 Å². The van der Waals surface area contributed by atoms with Crippen molar-refractivity contribution in [1.82, 2.24) is 0 Å². The van der Waals surface area contributed by atoms with E-state index in [0.29, 0.717) is 0 Å². The molecule has 1 aromatic heterocycles. The molecule has 234 valence electrons. The molecule has 0 radical (unpaired) electrons. The molecule has 2 fully saturated rings. The second-order valence-corrected chi connectivity index (χ2v) is 9.97. The molecule has 5 rings (SSSR count). The maximum absolute atomic E-state index is 13.7. The van der Waals surface area contributed by atoms with Gasteiger partial charge in [-0.2, -0.15) is 0 Å². The highest BCUT2D eigenvalue weighted by Crippen LogP contribution is 2.43. The minimum absolute atomic E-state index is 0.277. The number of benzene rings is 2. The molecule has 2 aliphatic heterocycles. The molecule has 0 amide bonds. The van der Waals surface area contributed by atoms with Crippen LogP contribution in [-0.2, 0) is 14.2 Å². The van der Waals surface area contributed by atoms with Crippen molar-refractivity contribution < 1.29 is 79.5 Å². The van der Waals surface area contributed by atoms with E-state index in [2.05, 4.69) is 0 Å². The lowest BCUT2D eigenvalue weighted by atomic mass is 9.98.